The first kappa shape index (κ1) is 15.7. The number of unbranched alkanes of at least 4 members (excludes halogenated alkanes) is 2. The van der Waals surface area contributed by atoms with E-state index in [2.05, 4.69) is 4.72 Å². The molecule has 0 rings (SSSR count). The van der Waals surface area contributed by atoms with Crippen molar-refractivity contribution >= 4 is 27.8 Å². The number of hydrogen-bond donors (Lipinski definition) is 2. The number of thioether (sulfide) groups is 1. The first-order valence-corrected chi connectivity index (χ1v) is 8.06. The number of carboxylic acid groups (broad SMARTS) is 1. The summed E-state index contributed by atoms with van der Waals surface area (Å²) in [4.78, 5) is 10.5. The number of hydrogen-bond acceptors (Lipinski definition) is 4. The zero-order valence-electron chi connectivity index (χ0n) is 9.60. The largest absolute Gasteiger partial charge is 0.480 e. The fraction of sp³-hybridized carbons (Fsp3) is 0.889. The topological polar surface area (TPSA) is 83.5 Å². The monoisotopic (exact) mass is 269 g/mol. The number of carboxylic acids is 1. The highest BCUT2D eigenvalue weighted by Crippen LogP contribution is 2.03. The van der Waals surface area contributed by atoms with Crippen molar-refractivity contribution in [2.75, 3.05) is 18.6 Å². The minimum atomic E-state index is -3.71. The molecule has 0 radical (unpaired) electrons. The van der Waals surface area contributed by atoms with Gasteiger partial charge in [0.25, 0.3) is 0 Å². The lowest BCUT2D eigenvalue weighted by molar-refractivity contribution is -0.136. The van der Waals surface area contributed by atoms with Gasteiger partial charge in [-0.25, -0.2) is 13.1 Å². The number of sulfonamides is 1. The summed E-state index contributed by atoms with van der Waals surface area (Å²) < 4.78 is 25.0. The van der Waals surface area contributed by atoms with Gasteiger partial charge < -0.3 is 5.11 Å². The SMILES string of the molecule is CSCCCCCNS(=O)(=O)C(C)C(=O)O. The summed E-state index contributed by atoms with van der Waals surface area (Å²) in [6.07, 6.45) is 4.77. The van der Waals surface area contributed by atoms with Crippen molar-refractivity contribution in [1.82, 2.24) is 4.72 Å². The summed E-state index contributed by atoms with van der Waals surface area (Å²) in [7, 11) is -3.71. The van der Waals surface area contributed by atoms with Crippen LogP contribution < -0.4 is 4.72 Å². The maximum absolute atomic E-state index is 11.4. The van der Waals surface area contributed by atoms with E-state index >= 15 is 0 Å². The summed E-state index contributed by atoms with van der Waals surface area (Å²) in [5.74, 6) is -0.256. The second-order valence-electron chi connectivity index (χ2n) is 3.47. The van der Waals surface area contributed by atoms with E-state index in [1.807, 2.05) is 6.26 Å². The molecule has 0 aromatic rings. The standard InChI is InChI=1S/C9H19NO4S2/c1-8(9(11)12)16(13,14)10-6-4-3-5-7-15-2/h8,10H,3-7H2,1-2H3,(H,11,12). The molecule has 0 spiro atoms. The predicted octanol–water partition coefficient (Wildman–Crippen LogP) is 0.912. The molecular formula is C9H19NO4S2. The highest BCUT2D eigenvalue weighted by atomic mass is 32.2. The molecule has 1 atom stereocenters. The highest BCUT2D eigenvalue weighted by molar-refractivity contribution is 7.98. The summed E-state index contributed by atoms with van der Waals surface area (Å²) in [6, 6.07) is 0. The van der Waals surface area contributed by atoms with Crippen molar-refractivity contribution < 1.29 is 18.3 Å². The minimum Gasteiger partial charge on any atom is -0.480 e. The molecule has 96 valence electrons. The molecule has 16 heavy (non-hydrogen) atoms. The van der Waals surface area contributed by atoms with Gasteiger partial charge in [0, 0.05) is 6.54 Å². The van der Waals surface area contributed by atoms with Gasteiger partial charge in [-0.2, -0.15) is 11.8 Å². The van der Waals surface area contributed by atoms with Gasteiger partial charge in [-0.15, -0.1) is 0 Å². The van der Waals surface area contributed by atoms with Crippen molar-refractivity contribution in [1.29, 1.82) is 0 Å². The van der Waals surface area contributed by atoms with E-state index in [1.54, 1.807) is 11.8 Å². The number of aliphatic carboxylic acids is 1. The smallest absolute Gasteiger partial charge is 0.323 e. The van der Waals surface area contributed by atoms with E-state index in [-0.39, 0.29) is 0 Å². The van der Waals surface area contributed by atoms with E-state index in [4.69, 9.17) is 5.11 Å². The van der Waals surface area contributed by atoms with Crippen molar-refractivity contribution in [3.8, 4) is 0 Å². The first-order valence-electron chi connectivity index (χ1n) is 5.12. The fourth-order valence-electron chi connectivity index (χ4n) is 1.02. The third kappa shape index (κ3) is 6.34. The van der Waals surface area contributed by atoms with Gasteiger partial charge in [0.15, 0.2) is 5.25 Å². The zero-order valence-corrected chi connectivity index (χ0v) is 11.2. The van der Waals surface area contributed by atoms with E-state index in [0.717, 1.165) is 25.0 Å². The molecule has 1 unspecified atom stereocenters. The second-order valence-corrected chi connectivity index (χ2v) is 6.54. The lowest BCUT2D eigenvalue weighted by Crippen LogP contribution is -2.37. The van der Waals surface area contributed by atoms with Gasteiger partial charge in [-0.3, -0.25) is 4.79 Å². The molecule has 0 saturated heterocycles. The van der Waals surface area contributed by atoms with Crippen molar-refractivity contribution in [3.05, 3.63) is 0 Å². The maximum atomic E-state index is 11.4. The van der Waals surface area contributed by atoms with E-state index < -0.39 is 21.2 Å². The molecule has 0 aromatic carbocycles. The number of nitrogens with one attached hydrogen (secondary N) is 1. The Kier molecular flexibility index (Phi) is 7.78. The van der Waals surface area contributed by atoms with Gasteiger partial charge in [-0.05, 0) is 31.8 Å². The van der Waals surface area contributed by atoms with E-state index in [9.17, 15) is 13.2 Å². The predicted molar refractivity (Wildman–Crippen MR) is 66.3 cm³/mol. The maximum Gasteiger partial charge on any atom is 0.323 e. The van der Waals surface area contributed by atoms with Crippen LogP contribution in [0.4, 0.5) is 0 Å². The Morgan fingerprint density at radius 3 is 2.50 bits per heavy atom. The molecule has 0 amide bonds. The van der Waals surface area contributed by atoms with Crippen molar-refractivity contribution in [2.24, 2.45) is 0 Å². The number of carbonyl (C=O) groups is 1. The molecule has 0 aliphatic carbocycles. The zero-order chi connectivity index (χ0) is 12.6. The third-order valence-corrected chi connectivity index (χ3v) is 4.58. The van der Waals surface area contributed by atoms with Gasteiger partial charge in [0.1, 0.15) is 0 Å². The average Bonchev–Trinajstić information content (AvgIpc) is 2.22. The first-order chi connectivity index (χ1) is 7.41. The summed E-state index contributed by atoms with van der Waals surface area (Å²) >= 11 is 1.76. The van der Waals surface area contributed by atoms with Crippen LogP contribution in [-0.2, 0) is 14.8 Å². The van der Waals surface area contributed by atoms with Crippen LogP contribution in [0.25, 0.3) is 0 Å². The highest BCUT2D eigenvalue weighted by Gasteiger charge is 2.26. The number of rotatable bonds is 9. The normalized spacial score (nSPS) is 13.6. The van der Waals surface area contributed by atoms with Crippen molar-refractivity contribution in [2.45, 2.75) is 31.4 Å². The molecule has 0 bridgehead atoms. The Morgan fingerprint density at radius 2 is 2.00 bits per heavy atom. The summed E-state index contributed by atoms with van der Waals surface area (Å²) in [5, 5.41) is 7.18. The Morgan fingerprint density at radius 1 is 1.38 bits per heavy atom. The molecule has 5 nitrogen and oxygen atoms in total. The Balaban J connectivity index is 3.79. The molecule has 7 heteroatoms. The van der Waals surface area contributed by atoms with Gasteiger partial charge in [0.2, 0.25) is 10.0 Å². The molecule has 0 aliphatic heterocycles. The van der Waals surface area contributed by atoms with Gasteiger partial charge >= 0.3 is 5.97 Å². The lowest BCUT2D eigenvalue weighted by atomic mass is 10.2. The van der Waals surface area contributed by atoms with Gasteiger partial charge in [0.05, 0.1) is 0 Å². The van der Waals surface area contributed by atoms with Crippen LogP contribution >= 0.6 is 11.8 Å². The Labute approximate surface area is 101 Å². The Bertz CT molecular complexity index is 303. The van der Waals surface area contributed by atoms with Crippen LogP contribution in [-0.4, -0.2) is 43.3 Å². The molecule has 0 aliphatic rings. The van der Waals surface area contributed by atoms with Crippen LogP contribution in [0, 0.1) is 0 Å². The summed E-state index contributed by atoms with van der Waals surface area (Å²) in [6.45, 7) is 1.48. The second kappa shape index (κ2) is 7.92. The van der Waals surface area contributed by atoms with Crippen LogP contribution in [0.15, 0.2) is 0 Å². The lowest BCUT2D eigenvalue weighted by Gasteiger charge is -2.09. The summed E-state index contributed by atoms with van der Waals surface area (Å²) in [5.41, 5.74) is 0. The van der Waals surface area contributed by atoms with Gasteiger partial charge in [-0.1, -0.05) is 6.42 Å². The van der Waals surface area contributed by atoms with E-state index in [0.29, 0.717) is 6.54 Å². The third-order valence-electron chi connectivity index (χ3n) is 2.14. The van der Waals surface area contributed by atoms with Crippen LogP contribution in [0.1, 0.15) is 26.2 Å². The molecular weight excluding hydrogens is 250 g/mol. The molecule has 0 saturated carbocycles. The molecule has 0 fully saturated rings. The van der Waals surface area contributed by atoms with Crippen LogP contribution in [0.5, 0.6) is 0 Å². The molecule has 0 heterocycles. The quantitative estimate of drug-likeness (QED) is 0.608. The molecule has 0 aromatic heterocycles. The van der Waals surface area contributed by atoms with Crippen LogP contribution in [0.3, 0.4) is 0 Å². The molecule has 2 N–H and O–H groups in total. The van der Waals surface area contributed by atoms with Crippen molar-refractivity contribution in [3.63, 3.8) is 0 Å². The fourth-order valence-corrected chi connectivity index (χ4v) is 2.46. The van der Waals surface area contributed by atoms with E-state index in [1.165, 1.54) is 6.92 Å². The minimum absolute atomic E-state index is 0.314. The van der Waals surface area contributed by atoms with Crippen LogP contribution in [0.2, 0.25) is 0 Å². The Hall–Kier alpha value is -0.270. The average molecular weight is 269 g/mol.